The maximum Gasteiger partial charge on any atom is 0.122 e. The molecule has 2 rings (SSSR count). The van der Waals surface area contributed by atoms with Crippen molar-refractivity contribution in [2.24, 2.45) is 0 Å². The molecule has 1 atom stereocenters. The zero-order valence-electron chi connectivity index (χ0n) is 14.3. The van der Waals surface area contributed by atoms with Crippen molar-refractivity contribution >= 4 is 0 Å². The average Bonchev–Trinajstić information content (AvgIpc) is 2.60. The molecule has 0 heterocycles. The van der Waals surface area contributed by atoms with Crippen LogP contribution >= 0.6 is 0 Å². The zero-order chi connectivity index (χ0) is 16.7. The second-order valence-corrected chi connectivity index (χ2v) is 5.56. The number of methoxy groups -OCH3 is 3. The van der Waals surface area contributed by atoms with Crippen LogP contribution in [-0.2, 0) is 13.0 Å². The van der Waals surface area contributed by atoms with E-state index < -0.39 is 0 Å². The second-order valence-electron chi connectivity index (χ2n) is 5.56. The molecule has 1 N–H and O–H groups in total. The van der Waals surface area contributed by atoms with Crippen molar-refractivity contribution in [3.8, 4) is 17.2 Å². The standard InChI is InChI=1S/C19H25NO3/c1-14(9-15-5-7-17(21-2)8-6-15)20-13-16-10-18(22-3)12-19(11-16)23-4/h5-8,10-12,14,20H,9,13H2,1-4H3. The highest BCUT2D eigenvalue weighted by Gasteiger charge is 2.06. The first kappa shape index (κ1) is 17.2. The predicted molar refractivity (Wildman–Crippen MR) is 92.5 cm³/mol. The number of nitrogens with one attached hydrogen (secondary N) is 1. The molecular weight excluding hydrogens is 290 g/mol. The Hall–Kier alpha value is -2.20. The quantitative estimate of drug-likeness (QED) is 0.810. The third-order valence-corrected chi connectivity index (χ3v) is 3.77. The van der Waals surface area contributed by atoms with Gasteiger partial charge in [0.15, 0.2) is 0 Å². The Kier molecular flexibility index (Phi) is 6.29. The molecule has 124 valence electrons. The van der Waals surface area contributed by atoms with E-state index in [1.807, 2.05) is 30.3 Å². The van der Waals surface area contributed by atoms with Crippen molar-refractivity contribution in [1.82, 2.24) is 5.32 Å². The Morgan fingerprint density at radius 2 is 1.35 bits per heavy atom. The van der Waals surface area contributed by atoms with Gasteiger partial charge in [-0.3, -0.25) is 0 Å². The highest BCUT2D eigenvalue weighted by Crippen LogP contribution is 2.22. The third kappa shape index (κ3) is 5.18. The van der Waals surface area contributed by atoms with Gasteiger partial charge in [-0.15, -0.1) is 0 Å². The second kappa shape index (κ2) is 8.44. The number of rotatable bonds is 8. The van der Waals surface area contributed by atoms with Gasteiger partial charge in [0.2, 0.25) is 0 Å². The van der Waals surface area contributed by atoms with Crippen LogP contribution in [0, 0.1) is 0 Å². The first-order valence-electron chi connectivity index (χ1n) is 7.73. The Bertz CT molecular complexity index is 588. The lowest BCUT2D eigenvalue weighted by Crippen LogP contribution is -2.27. The van der Waals surface area contributed by atoms with Crippen LogP contribution in [-0.4, -0.2) is 27.4 Å². The van der Waals surface area contributed by atoms with E-state index in [9.17, 15) is 0 Å². The van der Waals surface area contributed by atoms with Gasteiger partial charge in [0.25, 0.3) is 0 Å². The molecular formula is C19H25NO3. The van der Waals surface area contributed by atoms with Gasteiger partial charge in [-0.05, 0) is 48.7 Å². The Labute approximate surface area is 138 Å². The molecule has 0 bridgehead atoms. The summed E-state index contributed by atoms with van der Waals surface area (Å²) in [6.45, 7) is 2.95. The molecule has 0 saturated heterocycles. The van der Waals surface area contributed by atoms with Crippen LogP contribution in [0.2, 0.25) is 0 Å². The van der Waals surface area contributed by atoms with Crippen LogP contribution in [0.5, 0.6) is 17.2 Å². The van der Waals surface area contributed by atoms with Gasteiger partial charge in [0, 0.05) is 18.7 Å². The van der Waals surface area contributed by atoms with Crippen molar-refractivity contribution in [3.05, 3.63) is 53.6 Å². The molecule has 2 aromatic carbocycles. The SMILES string of the molecule is COc1ccc(CC(C)NCc2cc(OC)cc(OC)c2)cc1. The molecule has 0 aliphatic rings. The fourth-order valence-corrected chi connectivity index (χ4v) is 2.45. The molecule has 23 heavy (non-hydrogen) atoms. The van der Waals surface area contributed by atoms with Crippen molar-refractivity contribution in [2.75, 3.05) is 21.3 Å². The van der Waals surface area contributed by atoms with E-state index in [1.165, 1.54) is 5.56 Å². The number of hydrogen-bond donors (Lipinski definition) is 1. The normalized spacial score (nSPS) is 11.8. The van der Waals surface area contributed by atoms with Gasteiger partial charge in [-0.2, -0.15) is 0 Å². The van der Waals surface area contributed by atoms with Crippen LogP contribution in [0.15, 0.2) is 42.5 Å². The lowest BCUT2D eigenvalue weighted by atomic mass is 10.1. The molecule has 0 radical (unpaired) electrons. The van der Waals surface area contributed by atoms with E-state index in [4.69, 9.17) is 14.2 Å². The maximum absolute atomic E-state index is 5.30. The van der Waals surface area contributed by atoms with Crippen LogP contribution in [0.3, 0.4) is 0 Å². The molecule has 2 aromatic rings. The zero-order valence-corrected chi connectivity index (χ0v) is 14.3. The summed E-state index contributed by atoms with van der Waals surface area (Å²) < 4.78 is 15.8. The van der Waals surface area contributed by atoms with E-state index in [0.717, 1.165) is 35.8 Å². The van der Waals surface area contributed by atoms with E-state index in [2.05, 4.69) is 24.4 Å². The highest BCUT2D eigenvalue weighted by atomic mass is 16.5. The molecule has 4 nitrogen and oxygen atoms in total. The Morgan fingerprint density at radius 3 is 1.87 bits per heavy atom. The van der Waals surface area contributed by atoms with Gasteiger partial charge < -0.3 is 19.5 Å². The van der Waals surface area contributed by atoms with Crippen molar-refractivity contribution in [1.29, 1.82) is 0 Å². The smallest absolute Gasteiger partial charge is 0.122 e. The summed E-state index contributed by atoms with van der Waals surface area (Å²) in [6.07, 6.45) is 0.963. The predicted octanol–water partition coefficient (Wildman–Crippen LogP) is 3.43. The molecule has 0 aliphatic carbocycles. The number of hydrogen-bond acceptors (Lipinski definition) is 4. The van der Waals surface area contributed by atoms with Crippen LogP contribution in [0.1, 0.15) is 18.1 Å². The topological polar surface area (TPSA) is 39.7 Å². The van der Waals surface area contributed by atoms with Crippen molar-refractivity contribution in [3.63, 3.8) is 0 Å². The van der Waals surface area contributed by atoms with E-state index >= 15 is 0 Å². The minimum atomic E-state index is 0.362. The van der Waals surface area contributed by atoms with E-state index in [1.54, 1.807) is 21.3 Å². The van der Waals surface area contributed by atoms with Crippen LogP contribution in [0.4, 0.5) is 0 Å². The first-order valence-corrected chi connectivity index (χ1v) is 7.73. The molecule has 0 aromatic heterocycles. The summed E-state index contributed by atoms with van der Waals surface area (Å²) in [7, 11) is 5.01. The Balaban J connectivity index is 1.91. The molecule has 4 heteroatoms. The van der Waals surface area contributed by atoms with E-state index in [0.29, 0.717) is 6.04 Å². The summed E-state index contributed by atoms with van der Waals surface area (Å²) in [5.74, 6) is 2.51. The Morgan fingerprint density at radius 1 is 0.783 bits per heavy atom. The molecule has 0 aliphatic heterocycles. The lowest BCUT2D eigenvalue weighted by molar-refractivity contribution is 0.392. The minimum absolute atomic E-state index is 0.362. The summed E-state index contributed by atoms with van der Waals surface area (Å²) in [6, 6.07) is 14.5. The van der Waals surface area contributed by atoms with Crippen molar-refractivity contribution in [2.45, 2.75) is 25.9 Å². The van der Waals surface area contributed by atoms with Crippen LogP contribution < -0.4 is 19.5 Å². The highest BCUT2D eigenvalue weighted by molar-refractivity contribution is 5.38. The maximum atomic E-state index is 5.30. The molecule has 0 fully saturated rings. The largest absolute Gasteiger partial charge is 0.497 e. The summed E-state index contributed by atoms with van der Waals surface area (Å²) in [5, 5.41) is 3.54. The molecule has 0 saturated carbocycles. The molecule has 0 amide bonds. The van der Waals surface area contributed by atoms with Crippen LogP contribution in [0.25, 0.3) is 0 Å². The number of benzene rings is 2. The van der Waals surface area contributed by atoms with Gasteiger partial charge in [0.1, 0.15) is 17.2 Å². The summed E-state index contributed by atoms with van der Waals surface area (Å²) >= 11 is 0. The van der Waals surface area contributed by atoms with Gasteiger partial charge in [-0.1, -0.05) is 12.1 Å². The van der Waals surface area contributed by atoms with Gasteiger partial charge in [0.05, 0.1) is 21.3 Å². The summed E-state index contributed by atoms with van der Waals surface area (Å²) in [4.78, 5) is 0. The monoisotopic (exact) mass is 315 g/mol. The van der Waals surface area contributed by atoms with Gasteiger partial charge >= 0.3 is 0 Å². The molecule has 0 spiro atoms. The molecule has 1 unspecified atom stereocenters. The van der Waals surface area contributed by atoms with Gasteiger partial charge in [-0.25, -0.2) is 0 Å². The first-order chi connectivity index (χ1) is 11.1. The van der Waals surface area contributed by atoms with Crippen molar-refractivity contribution < 1.29 is 14.2 Å². The average molecular weight is 315 g/mol. The number of ether oxygens (including phenoxy) is 3. The fourth-order valence-electron chi connectivity index (χ4n) is 2.45. The minimum Gasteiger partial charge on any atom is -0.497 e. The van der Waals surface area contributed by atoms with E-state index in [-0.39, 0.29) is 0 Å². The fraction of sp³-hybridized carbons (Fsp3) is 0.368. The lowest BCUT2D eigenvalue weighted by Gasteiger charge is -2.15. The summed E-state index contributed by atoms with van der Waals surface area (Å²) in [5.41, 5.74) is 2.43. The third-order valence-electron chi connectivity index (χ3n) is 3.77.